The molecule has 1 aromatic carbocycles. The lowest BCUT2D eigenvalue weighted by atomic mass is 10.2. The smallest absolute Gasteiger partial charge is 0.339 e. The van der Waals surface area contributed by atoms with Gasteiger partial charge in [0, 0.05) is 4.90 Å². The van der Waals surface area contributed by atoms with Crippen LogP contribution in [0.5, 0.6) is 5.75 Å². The van der Waals surface area contributed by atoms with Crippen LogP contribution in [0.3, 0.4) is 0 Å². The third-order valence-electron chi connectivity index (χ3n) is 1.25. The first-order valence-corrected chi connectivity index (χ1v) is 3.32. The molecule has 0 atom stereocenters. The van der Waals surface area contributed by atoms with Crippen LogP contribution >= 0.6 is 12.6 Å². The zero-order valence-corrected chi connectivity index (χ0v) is 6.38. The van der Waals surface area contributed by atoms with Gasteiger partial charge >= 0.3 is 5.97 Å². The molecule has 0 bridgehead atoms. The Hall–Kier alpha value is -1.16. The number of benzene rings is 1. The van der Waals surface area contributed by atoms with E-state index in [4.69, 9.17) is 10.2 Å². The Morgan fingerprint density at radius 3 is 2.55 bits per heavy atom. The maximum absolute atomic E-state index is 10.4. The first kappa shape index (κ1) is 7.94. The molecule has 0 amide bonds. The number of hydrogen-bond donors (Lipinski definition) is 3. The molecule has 58 valence electrons. The minimum atomic E-state index is -1.15. The van der Waals surface area contributed by atoms with Crippen molar-refractivity contribution < 1.29 is 15.0 Å². The number of carboxylic acid groups (broad SMARTS) is 1. The number of phenols is 1. The Labute approximate surface area is 68.7 Å². The van der Waals surface area contributed by atoms with Crippen LogP contribution in [0, 0.1) is 0 Å². The van der Waals surface area contributed by atoms with E-state index < -0.39 is 5.97 Å². The molecular weight excluding hydrogens is 164 g/mol. The molecule has 0 saturated carbocycles. The van der Waals surface area contributed by atoms with Crippen molar-refractivity contribution in [2.24, 2.45) is 0 Å². The van der Waals surface area contributed by atoms with Crippen LogP contribution in [0.15, 0.2) is 23.1 Å². The Bertz CT molecular complexity index is 296. The fourth-order valence-corrected chi connectivity index (χ4v) is 0.910. The first-order valence-electron chi connectivity index (χ1n) is 2.87. The second-order valence-electron chi connectivity index (χ2n) is 1.98. The van der Waals surface area contributed by atoms with Gasteiger partial charge in [-0.05, 0) is 12.1 Å². The van der Waals surface area contributed by atoms with Crippen molar-refractivity contribution in [2.45, 2.75) is 4.90 Å². The van der Waals surface area contributed by atoms with Gasteiger partial charge in [-0.3, -0.25) is 0 Å². The summed E-state index contributed by atoms with van der Waals surface area (Å²) < 4.78 is 0. The van der Waals surface area contributed by atoms with Gasteiger partial charge in [0.2, 0.25) is 0 Å². The summed E-state index contributed by atoms with van der Waals surface area (Å²) in [5.74, 6) is -1.44. The largest absolute Gasteiger partial charge is 0.506 e. The van der Waals surface area contributed by atoms with Crippen LogP contribution in [-0.4, -0.2) is 16.2 Å². The number of carboxylic acids is 1. The summed E-state index contributed by atoms with van der Waals surface area (Å²) in [5, 5.41) is 17.6. The zero-order valence-electron chi connectivity index (χ0n) is 5.48. The average Bonchev–Trinajstić information content (AvgIpc) is 1.94. The van der Waals surface area contributed by atoms with E-state index in [2.05, 4.69) is 12.6 Å². The Kier molecular flexibility index (Phi) is 2.05. The van der Waals surface area contributed by atoms with Gasteiger partial charge < -0.3 is 10.2 Å². The standard InChI is InChI=1S/C7H6O3S/c8-6-4(7(9)10)2-1-3-5(6)11/h1-3,8,11H,(H,9,10). The topological polar surface area (TPSA) is 57.5 Å². The van der Waals surface area contributed by atoms with E-state index in [-0.39, 0.29) is 16.2 Å². The Balaban J connectivity index is 3.27. The number of aromatic hydroxyl groups is 1. The van der Waals surface area contributed by atoms with E-state index in [0.717, 1.165) is 0 Å². The van der Waals surface area contributed by atoms with Crippen LogP contribution in [0.1, 0.15) is 10.4 Å². The fourth-order valence-electron chi connectivity index (χ4n) is 0.704. The van der Waals surface area contributed by atoms with Crippen molar-refractivity contribution >= 4 is 18.6 Å². The third kappa shape index (κ3) is 1.46. The van der Waals surface area contributed by atoms with Crippen LogP contribution < -0.4 is 0 Å². The molecule has 0 aromatic heterocycles. The Morgan fingerprint density at radius 1 is 1.45 bits per heavy atom. The molecule has 0 saturated heterocycles. The highest BCUT2D eigenvalue weighted by Gasteiger charge is 2.09. The van der Waals surface area contributed by atoms with Crippen LogP contribution in [0.4, 0.5) is 0 Å². The molecule has 0 radical (unpaired) electrons. The number of carbonyl (C=O) groups is 1. The Morgan fingerprint density at radius 2 is 2.09 bits per heavy atom. The van der Waals surface area contributed by atoms with Crippen molar-refractivity contribution in [1.29, 1.82) is 0 Å². The zero-order chi connectivity index (χ0) is 8.43. The summed E-state index contributed by atoms with van der Waals surface area (Å²) in [7, 11) is 0. The van der Waals surface area contributed by atoms with E-state index in [1.165, 1.54) is 18.2 Å². The second-order valence-corrected chi connectivity index (χ2v) is 2.46. The van der Waals surface area contributed by atoms with E-state index in [1.54, 1.807) is 0 Å². The highest BCUT2D eigenvalue weighted by atomic mass is 32.1. The lowest BCUT2D eigenvalue weighted by Gasteiger charge is -1.99. The molecular formula is C7H6O3S. The quantitative estimate of drug-likeness (QED) is 0.558. The summed E-state index contributed by atoms with van der Waals surface area (Å²) >= 11 is 3.85. The number of thiol groups is 1. The minimum Gasteiger partial charge on any atom is -0.506 e. The van der Waals surface area contributed by atoms with Gasteiger partial charge in [-0.1, -0.05) is 6.07 Å². The van der Waals surface area contributed by atoms with Gasteiger partial charge in [-0.2, -0.15) is 0 Å². The number of hydrogen-bond acceptors (Lipinski definition) is 3. The average molecular weight is 170 g/mol. The molecule has 0 fully saturated rings. The minimum absolute atomic E-state index is 0.127. The maximum Gasteiger partial charge on any atom is 0.339 e. The molecule has 1 aromatic rings. The molecule has 3 nitrogen and oxygen atoms in total. The summed E-state index contributed by atoms with van der Waals surface area (Å²) in [4.78, 5) is 10.6. The molecule has 11 heavy (non-hydrogen) atoms. The molecule has 2 N–H and O–H groups in total. The normalized spacial score (nSPS) is 9.55. The lowest BCUT2D eigenvalue weighted by Crippen LogP contribution is -1.96. The highest BCUT2D eigenvalue weighted by molar-refractivity contribution is 7.80. The van der Waals surface area contributed by atoms with Gasteiger partial charge in [-0.25, -0.2) is 4.79 Å². The van der Waals surface area contributed by atoms with Gasteiger partial charge in [0.25, 0.3) is 0 Å². The van der Waals surface area contributed by atoms with Gasteiger partial charge in [0.15, 0.2) is 0 Å². The van der Waals surface area contributed by atoms with Gasteiger partial charge in [0.1, 0.15) is 11.3 Å². The lowest BCUT2D eigenvalue weighted by molar-refractivity contribution is 0.0693. The van der Waals surface area contributed by atoms with Crippen LogP contribution in [-0.2, 0) is 0 Å². The summed E-state index contributed by atoms with van der Waals surface area (Å²) in [6.07, 6.45) is 0. The predicted molar refractivity (Wildman–Crippen MR) is 42.3 cm³/mol. The van der Waals surface area contributed by atoms with Gasteiger partial charge in [0.05, 0.1) is 0 Å². The van der Waals surface area contributed by atoms with Crippen molar-refractivity contribution in [2.75, 3.05) is 0 Å². The predicted octanol–water partition coefficient (Wildman–Crippen LogP) is 1.38. The highest BCUT2D eigenvalue weighted by Crippen LogP contribution is 2.24. The van der Waals surface area contributed by atoms with Gasteiger partial charge in [-0.15, -0.1) is 12.6 Å². The molecule has 4 heteroatoms. The molecule has 0 aliphatic rings. The monoisotopic (exact) mass is 170 g/mol. The van der Waals surface area contributed by atoms with Crippen molar-refractivity contribution in [1.82, 2.24) is 0 Å². The van der Waals surface area contributed by atoms with Crippen molar-refractivity contribution in [3.63, 3.8) is 0 Å². The molecule has 0 spiro atoms. The van der Waals surface area contributed by atoms with E-state index in [1.807, 2.05) is 0 Å². The molecule has 0 unspecified atom stereocenters. The summed E-state index contributed by atoms with van der Waals surface area (Å²) in [6, 6.07) is 4.35. The van der Waals surface area contributed by atoms with Crippen molar-refractivity contribution in [3.8, 4) is 5.75 Å². The number of rotatable bonds is 1. The summed E-state index contributed by atoms with van der Waals surface area (Å²) in [5.41, 5.74) is -0.127. The van der Waals surface area contributed by atoms with E-state index >= 15 is 0 Å². The van der Waals surface area contributed by atoms with E-state index in [0.29, 0.717) is 0 Å². The fraction of sp³-hybridized carbons (Fsp3) is 0. The molecule has 0 heterocycles. The van der Waals surface area contributed by atoms with Crippen molar-refractivity contribution in [3.05, 3.63) is 23.8 Å². The summed E-state index contributed by atoms with van der Waals surface area (Å²) in [6.45, 7) is 0. The number of para-hydroxylation sites is 1. The molecule has 0 aliphatic carbocycles. The van der Waals surface area contributed by atoms with Crippen LogP contribution in [0.25, 0.3) is 0 Å². The van der Waals surface area contributed by atoms with E-state index in [9.17, 15) is 4.79 Å². The molecule has 0 aliphatic heterocycles. The second kappa shape index (κ2) is 2.84. The SMILES string of the molecule is O=C(O)c1cccc(S)c1O. The number of aromatic carboxylic acids is 1. The third-order valence-corrected chi connectivity index (χ3v) is 1.61. The molecule has 1 rings (SSSR count). The first-order chi connectivity index (χ1) is 5.13. The van der Waals surface area contributed by atoms with Crippen LogP contribution in [0.2, 0.25) is 0 Å². The maximum atomic E-state index is 10.4.